The fourth-order valence-corrected chi connectivity index (χ4v) is 4.52. The van der Waals surface area contributed by atoms with E-state index < -0.39 is 34.3 Å². The van der Waals surface area contributed by atoms with E-state index in [9.17, 15) is 26.8 Å². The van der Waals surface area contributed by atoms with Crippen LogP contribution in [0.4, 0.5) is 8.78 Å². The number of sulfone groups is 1. The zero-order valence-corrected chi connectivity index (χ0v) is 19.7. The van der Waals surface area contributed by atoms with E-state index in [0.29, 0.717) is 22.6 Å². The fraction of sp³-hybridized carbons (Fsp3) is 0.250. The molecule has 0 fully saturated rings. The van der Waals surface area contributed by atoms with Crippen molar-refractivity contribution in [2.45, 2.75) is 38.4 Å². The molecule has 0 amide bonds. The Bertz CT molecular complexity index is 1330. The van der Waals surface area contributed by atoms with E-state index in [1.54, 1.807) is 36.6 Å². The number of benzene rings is 2. The molecule has 1 atom stereocenters. The summed E-state index contributed by atoms with van der Waals surface area (Å²) in [6, 6.07) is 13.2. The highest BCUT2D eigenvalue weighted by Crippen LogP contribution is 2.25. The number of rotatable bonds is 8. The third-order valence-corrected chi connectivity index (χ3v) is 6.33. The van der Waals surface area contributed by atoms with Gasteiger partial charge in [-0.05, 0) is 63.2 Å². The van der Waals surface area contributed by atoms with Gasteiger partial charge in [0.2, 0.25) is 5.78 Å². The molecule has 1 aromatic heterocycles. The van der Waals surface area contributed by atoms with Crippen LogP contribution in [0.25, 0.3) is 5.69 Å². The van der Waals surface area contributed by atoms with E-state index in [0.717, 1.165) is 6.26 Å². The van der Waals surface area contributed by atoms with Crippen molar-refractivity contribution in [1.29, 1.82) is 0 Å². The number of esters is 1. The number of hydrogen-bond acceptors (Lipinski definition) is 6. The number of alkyl halides is 2. The summed E-state index contributed by atoms with van der Waals surface area (Å²) in [5.74, 6) is -1.39. The molecular weight excluding hydrogens is 468 g/mol. The smallest absolute Gasteiger partial charge is 0.387 e. The Labute approximate surface area is 195 Å². The molecule has 7 nitrogen and oxygen atoms in total. The van der Waals surface area contributed by atoms with Crippen molar-refractivity contribution in [3.05, 3.63) is 77.1 Å². The average molecular weight is 492 g/mol. The van der Waals surface area contributed by atoms with Gasteiger partial charge in [-0.25, -0.2) is 13.2 Å². The quantitative estimate of drug-likeness (QED) is 0.340. The van der Waals surface area contributed by atoms with Gasteiger partial charge >= 0.3 is 12.6 Å². The van der Waals surface area contributed by atoms with Gasteiger partial charge in [0.05, 0.1) is 10.5 Å². The predicted octanol–water partition coefficient (Wildman–Crippen LogP) is 4.53. The third kappa shape index (κ3) is 5.33. The normalized spacial score (nSPS) is 12.4. The average Bonchev–Trinajstić information content (AvgIpc) is 3.06. The van der Waals surface area contributed by atoms with Crippen LogP contribution in [0.2, 0.25) is 0 Å². The number of hydrogen-bond donors (Lipinski definition) is 0. The van der Waals surface area contributed by atoms with Crippen molar-refractivity contribution in [1.82, 2.24) is 4.57 Å². The Morgan fingerprint density at radius 2 is 1.59 bits per heavy atom. The van der Waals surface area contributed by atoms with E-state index in [4.69, 9.17) is 4.74 Å². The predicted molar refractivity (Wildman–Crippen MR) is 121 cm³/mol. The first-order valence-corrected chi connectivity index (χ1v) is 12.1. The van der Waals surface area contributed by atoms with Crippen molar-refractivity contribution in [3.63, 3.8) is 0 Å². The number of aromatic nitrogens is 1. The lowest BCUT2D eigenvalue weighted by molar-refractivity contribution is -0.0498. The van der Waals surface area contributed by atoms with Gasteiger partial charge in [0.25, 0.3) is 0 Å². The molecule has 0 aliphatic carbocycles. The first-order valence-electron chi connectivity index (χ1n) is 10.2. The SMILES string of the molecule is Cc1cc(C(=O)C(C)OC(=O)c2ccccc2S(C)(=O)=O)c(C)n1-c1ccc(OC(F)F)cc1. The molecular formula is C24H23F2NO6S. The molecule has 10 heteroatoms. The summed E-state index contributed by atoms with van der Waals surface area (Å²) in [6.45, 7) is 1.95. The van der Waals surface area contributed by atoms with Crippen LogP contribution in [0, 0.1) is 13.8 Å². The van der Waals surface area contributed by atoms with Gasteiger partial charge in [-0.1, -0.05) is 12.1 Å². The Balaban J connectivity index is 1.84. The van der Waals surface area contributed by atoms with E-state index >= 15 is 0 Å². The van der Waals surface area contributed by atoms with Crippen LogP contribution in [-0.2, 0) is 14.6 Å². The van der Waals surface area contributed by atoms with Crippen molar-refractivity contribution in [2.75, 3.05) is 6.26 Å². The van der Waals surface area contributed by atoms with Crippen LogP contribution >= 0.6 is 0 Å². The monoisotopic (exact) mass is 491 g/mol. The summed E-state index contributed by atoms with van der Waals surface area (Å²) in [7, 11) is -3.68. The van der Waals surface area contributed by atoms with Gasteiger partial charge < -0.3 is 14.0 Å². The Morgan fingerprint density at radius 1 is 0.971 bits per heavy atom. The summed E-state index contributed by atoms with van der Waals surface area (Å²) < 4.78 is 60.1. The van der Waals surface area contributed by atoms with Gasteiger partial charge in [-0.15, -0.1) is 0 Å². The number of carbonyl (C=O) groups excluding carboxylic acids is 2. The minimum absolute atomic E-state index is 0.00687. The minimum Gasteiger partial charge on any atom is -0.451 e. The second-order valence-electron chi connectivity index (χ2n) is 7.67. The van der Waals surface area contributed by atoms with Crippen LogP contribution in [-0.4, -0.2) is 43.7 Å². The third-order valence-electron chi connectivity index (χ3n) is 5.18. The van der Waals surface area contributed by atoms with Crippen LogP contribution in [0.1, 0.15) is 39.0 Å². The highest BCUT2D eigenvalue weighted by molar-refractivity contribution is 7.90. The first-order chi connectivity index (χ1) is 15.9. The van der Waals surface area contributed by atoms with Crippen LogP contribution in [0.3, 0.4) is 0 Å². The summed E-state index contributed by atoms with van der Waals surface area (Å²) in [6.07, 6.45) is -0.204. The molecule has 2 aromatic carbocycles. The maximum Gasteiger partial charge on any atom is 0.387 e. The molecule has 3 aromatic rings. The van der Waals surface area contributed by atoms with E-state index in [1.807, 2.05) is 0 Å². The van der Waals surface area contributed by atoms with Crippen LogP contribution < -0.4 is 4.74 Å². The van der Waals surface area contributed by atoms with Gasteiger partial charge in [0.1, 0.15) is 5.75 Å². The maximum absolute atomic E-state index is 13.1. The van der Waals surface area contributed by atoms with Crippen molar-refractivity contribution < 1.29 is 36.3 Å². The maximum atomic E-state index is 13.1. The number of aryl methyl sites for hydroxylation is 1. The molecule has 1 unspecified atom stereocenters. The number of Topliss-reactive ketones (excluding diaryl/α,β-unsaturated/α-hetero) is 1. The Morgan fingerprint density at radius 3 is 2.18 bits per heavy atom. The number of halogens is 2. The number of nitrogens with zero attached hydrogens (tertiary/aromatic N) is 1. The Kier molecular flexibility index (Phi) is 7.21. The molecule has 0 bridgehead atoms. The van der Waals surface area contributed by atoms with Gasteiger partial charge in [-0.2, -0.15) is 8.78 Å². The second-order valence-corrected chi connectivity index (χ2v) is 9.66. The van der Waals surface area contributed by atoms with Crippen LogP contribution in [0.5, 0.6) is 5.75 Å². The highest BCUT2D eigenvalue weighted by atomic mass is 32.2. The number of ether oxygens (including phenoxy) is 2. The zero-order chi connectivity index (χ0) is 25.2. The minimum atomic E-state index is -3.68. The lowest BCUT2D eigenvalue weighted by Gasteiger charge is -2.14. The molecule has 0 radical (unpaired) electrons. The van der Waals surface area contributed by atoms with E-state index in [2.05, 4.69) is 4.74 Å². The molecule has 0 N–H and O–H groups in total. The topological polar surface area (TPSA) is 91.7 Å². The molecule has 180 valence electrons. The molecule has 0 aliphatic heterocycles. The standard InChI is InChI=1S/C24H23F2NO6S/c1-14-13-20(15(2)27(14)17-9-11-18(12-10-17)33-24(25)26)22(28)16(3)32-23(29)19-7-5-6-8-21(19)34(4,30)31/h5-13,16,24H,1-4H3. The molecule has 0 saturated carbocycles. The second kappa shape index (κ2) is 9.76. The molecule has 1 heterocycles. The van der Waals surface area contributed by atoms with Crippen LogP contribution in [0.15, 0.2) is 59.5 Å². The molecule has 34 heavy (non-hydrogen) atoms. The summed E-state index contributed by atoms with van der Waals surface area (Å²) in [5.41, 5.74) is 2.04. The summed E-state index contributed by atoms with van der Waals surface area (Å²) in [4.78, 5) is 25.5. The Hall–Kier alpha value is -3.53. The van der Waals surface area contributed by atoms with Gasteiger partial charge in [0, 0.05) is 28.9 Å². The summed E-state index contributed by atoms with van der Waals surface area (Å²) in [5, 5.41) is 0. The molecule has 0 aliphatic rings. The molecule has 3 rings (SSSR count). The van der Waals surface area contributed by atoms with Crippen molar-refractivity contribution in [3.8, 4) is 11.4 Å². The summed E-state index contributed by atoms with van der Waals surface area (Å²) >= 11 is 0. The highest BCUT2D eigenvalue weighted by Gasteiger charge is 2.27. The number of ketones is 1. The van der Waals surface area contributed by atoms with Gasteiger partial charge in [-0.3, -0.25) is 4.79 Å². The number of carbonyl (C=O) groups is 2. The lowest BCUT2D eigenvalue weighted by Crippen LogP contribution is -2.25. The van der Waals surface area contributed by atoms with Crippen molar-refractivity contribution >= 4 is 21.6 Å². The zero-order valence-electron chi connectivity index (χ0n) is 18.9. The first kappa shape index (κ1) is 25.1. The van der Waals surface area contributed by atoms with Crippen molar-refractivity contribution in [2.24, 2.45) is 0 Å². The largest absolute Gasteiger partial charge is 0.451 e. The van der Waals surface area contributed by atoms with E-state index in [1.165, 1.54) is 43.3 Å². The molecule has 0 spiro atoms. The lowest BCUT2D eigenvalue weighted by atomic mass is 10.1. The van der Waals surface area contributed by atoms with E-state index in [-0.39, 0.29) is 16.2 Å². The molecule has 0 saturated heterocycles. The fourth-order valence-electron chi connectivity index (χ4n) is 3.64. The van der Waals surface area contributed by atoms with Gasteiger partial charge in [0.15, 0.2) is 15.9 Å².